The Morgan fingerprint density at radius 1 is 1.15 bits per heavy atom. The maximum absolute atomic E-state index is 5.82. The molecule has 1 rings (SSSR count). The van der Waals surface area contributed by atoms with Crippen molar-refractivity contribution in [1.29, 1.82) is 0 Å². The second kappa shape index (κ2) is 4.00. The van der Waals surface area contributed by atoms with Crippen molar-refractivity contribution in [2.45, 2.75) is 47.0 Å². The third-order valence-electron chi connectivity index (χ3n) is 4.23. The average Bonchev–Trinajstić information content (AvgIpc) is 2.09. The number of hydrogen-bond donors (Lipinski definition) is 1. The topological polar surface area (TPSA) is 26.0 Å². The third kappa shape index (κ3) is 2.46. The molecule has 1 nitrogen and oxygen atoms in total. The second-order valence-electron chi connectivity index (χ2n) is 5.66. The molecule has 1 aliphatic carbocycles. The predicted molar refractivity (Wildman–Crippen MR) is 58.5 cm³/mol. The van der Waals surface area contributed by atoms with E-state index < -0.39 is 0 Å². The van der Waals surface area contributed by atoms with Crippen molar-refractivity contribution in [3.8, 4) is 0 Å². The zero-order valence-electron chi connectivity index (χ0n) is 9.64. The molecule has 1 saturated carbocycles. The predicted octanol–water partition coefficient (Wildman–Crippen LogP) is 3.04. The first-order chi connectivity index (χ1) is 5.97. The van der Waals surface area contributed by atoms with E-state index in [4.69, 9.17) is 5.73 Å². The van der Waals surface area contributed by atoms with E-state index in [0.717, 1.165) is 24.3 Å². The molecule has 0 spiro atoms. The van der Waals surface area contributed by atoms with E-state index in [0.29, 0.717) is 5.41 Å². The Labute approximate surface area is 83.1 Å². The van der Waals surface area contributed by atoms with Crippen molar-refractivity contribution in [3.63, 3.8) is 0 Å². The molecular formula is C12H25N. The number of hydrogen-bond acceptors (Lipinski definition) is 1. The fourth-order valence-corrected chi connectivity index (χ4v) is 2.42. The van der Waals surface area contributed by atoms with Crippen LogP contribution in [0.3, 0.4) is 0 Å². The Kier molecular flexibility index (Phi) is 3.39. The molecule has 0 radical (unpaired) electrons. The molecule has 78 valence electrons. The monoisotopic (exact) mass is 183 g/mol. The lowest BCUT2D eigenvalue weighted by Crippen LogP contribution is -2.36. The fraction of sp³-hybridized carbons (Fsp3) is 1.00. The van der Waals surface area contributed by atoms with Crippen LogP contribution < -0.4 is 5.73 Å². The number of nitrogens with two attached hydrogens (primary N) is 1. The summed E-state index contributed by atoms with van der Waals surface area (Å²) in [6, 6.07) is 0. The number of rotatable bonds is 2. The lowest BCUT2D eigenvalue weighted by atomic mass is 9.66. The Morgan fingerprint density at radius 3 is 2.23 bits per heavy atom. The largest absolute Gasteiger partial charge is 0.330 e. The van der Waals surface area contributed by atoms with E-state index in [9.17, 15) is 0 Å². The summed E-state index contributed by atoms with van der Waals surface area (Å²) in [6.45, 7) is 10.2. The highest BCUT2D eigenvalue weighted by Crippen LogP contribution is 2.41. The van der Waals surface area contributed by atoms with Crippen molar-refractivity contribution in [2.24, 2.45) is 28.9 Å². The maximum atomic E-state index is 5.82. The van der Waals surface area contributed by atoms with Crippen LogP contribution in [0.4, 0.5) is 0 Å². The molecule has 0 aliphatic heterocycles. The first kappa shape index (κ1) is 11.0. The molecule has 0 aromatic carbocycles. The van der Waals surface area contributed by atoms with Gasteiger partial charge in [0.1, 0.15) is 0 Å². The van der Waals surface area contributed by atoms with Crippen LogP contribution in [0.25, 0.3) is 0 Å². The van der Waals surface area contributed by atoms with Crippen molar-refractivity contribution in [2.75, 3.05) is 6.54 Å². The van der Waals surface area contributed by atoms with Crippen LogP contribution >= 0.6 is 0 Å². The summed E-state index contributed by atoms with van der Waals surface area (Å²) in [5.41, 5.74) is 6.17. The Morgan fingerprint density at radius 2 is 1.77 bits per heavy atom. The maximum Gasteiger partial charge on any atom is -0.00232 e. The first-order valence-electron chi connectivity index (χ1n) is 5.67. The van der Waals surface area contributed by atoms with Crippen LogP contribution in [0.15, 0.2) is 0 Å². The standard InChI is InChI=1S/C12H25N/c1-9-5-6-11(7-10(9)2)12(3,4)8-13/h9-11H,5-8,13H2,1-4H3. The second-order valence-corrected chi connectivity index (χ2v) is 5.66. The Bertz CT molecular complexity index is 163. The van der Waals surface area contributed by atoms with E-state index in [1.165, 1.54) is 19.3 Å². The highest BCUT2D eigenvalue weighted by atomic mass is 14.6. The van der Waals surface area contributed by atoms with Crippen LogP contribution in [0.5, 0.6) is 0 Å². The molecule has 13 heavy (non-hydrogen) atoms. The molecule has 3 unspecified atom stereocenters. The van der Waals surface area contributed by atoms with Crippen molar-refractivity contribution >= 4 is 0 Å². The summed E-state index contributed by atoms with van der Waals surface area (Å²) >= 11 is 0. The van der Waals surface area contributed by atoms with Gasteiger partial charge in [-0.15, -0.1) is 0 Å². The van der Waals surface area contributed by atoms with E-state index in [2.05, 4.69) is 27.7 Å². The van der Waals surface area contributed by atoms with Crippen LogP contribution in [0.2, 0.25) is 0 Å². The van der Waals surface area contributed by atoms with Gasteiger partial charge in [0.15, 0.2) is 0 Å². The lowest BCUT2D eigenvalue weighted by molar-refractivity contribution is 0.106. The van der Waals surface area contributed by atoms with Gasteiger partial charge in [0.2, 0.25) is 0 Å². The van der Waals surface area contributed by atoms with Gasteiger partial charge in [-0.3, -0.25) is 0 Å². The van der Waals surface area contributed by atoms with Gasteiger partial charge in [-0.2, -0.15) is 0 Å². The summed E-state index contributed by atoms with van der Waals surface area (Å²) in [4.78, 5) is 0. The van der Waals surface area contributed by atoms with Gasteiger partial charge < -0.3 is 5.73 Å². The minimum absolute atomic E-state index is 0.356. The summed E-state index contributed by atoms with van der Waals surface area (Å²) in [6.07, 6.45) is 4.16. The van der Waals surface area contributed by atoms with Gasteiger partial charge in [-0.05, 0) is 42.6 Å². The van der Waals surface area contributed by atoms with Gasteiger partial charge in [0.05, 0.1) is 0 Å². The Balaban J connectivity index is 2.55. The Hall–Kier alpha value is -0.0400. The summed E-state index contributed by atoms with van der Waals surface area (Å²) in [7, 11) is 0. The molecule has 1 fully saturated rings. The van der Waals surface area contributed by atoms with Gasteiger partial charge in [0, 0.05) is 0 Å². The van der Waals surface area contributed by atoms with Gasteiger partial charge in [-0.1, -0.05) is 34.1 Å². The van der Waals surface area contributed by atoms with Crippen molar-refractivity contribution < 1.29 is 0 Å². The van der Waals surface area contributed by atoms with Crippen molar-refractivity contribution in [3.05, 3.63) is 0 Å². The van der Waals surface area contributed by atoms with Gasteiger partial charge in [0.25, 0.3) is 0 Å². The smallest absolute Gasteiger partial charge is 0.00232 e. The van der Waals surface area contributed by atoms with Crippen LogP contribution in [0, 0.1) is 23.2 Å². The zero-order valence-corrected chi connectivity index (χ0v) is 9.64. The quantitative estimate of drug-likeness (QED) is 0.699. The molecule has 0 aromatic heterocycles. The van der Waals surface area contributed by atoms with Crippen LogP contribution in [-0.2, 0) is 0 Å². The van der Waals surface area contributed by atoms with E-state index in [-0.39, 0.29) is 0 Å². The highest BCUT2D eigenvalue weighted by molar-refractivity contribution is 4.85. The normalized spacial score (nSPS) is 36.2. The third-order valence-corrected chi connectivity index (χ3v) is 4.23. The molecule has 1 heteroatoms. The molecule has 0 amide bonds. The van der Waals surface area contributed by atoms with E-state index in [1.807, 2.05) is 0 Å². The minimum Gasteiger partial charge on any atom is -0.330 e. The molecule has 0 heterocycles. The van der Waals surface area contributed by atoms with Gasteiger partial charge >= 0.3 is 0 Å². The van der Waals surface area contributed by atoms with Crippen LogP contribution in [-0.4, -0.2) is 6.54 Å². The fourth-order valence-electron chi connectivity index (χ4n) is 2.42. The first-order valence-corrected chi connectivity index (χ1v) is 5.67. The average molecular weight is 183 g/mol. The lowest BCUT2D eigenvalue weighted by Gasteiger charge is -2.41. The SMILES string of the molecule is CC1CCC(C(C)(C)CN)CC1C. The van der Waals surface area contributed by atoms with Gasteiger partial charge in [-0.25, -0.2) is 0 Å². The molecular weight excluding hydrogens is 158 g/mol. The zero-order chi connectivity index (χ0) is 10.1. The molecule has 0 bridgehead atoms. The molecule has 2 N–H and O–H groups in total. The van der Waals surface area contributed by atoms with Crippen LogP contribution in [0.1, 0.15) is 47.0 Å². The minimum atomic E-state index is 0.356. The summed E-state index contributed by atoms with van der Waals surface area (Å²) in [5, 5.41) is 0. The van der Waals surface area contributed by atoms with E-state index in [1.54, 1.807) is 0 Å². The molecule has 0 saturated heterocycles. The summed E-state index contributed by atoms with van der Waals surface area (Å²) < 4.78 is 0. The van der Waals surface area contributed by atoms with E-state index >= 15 is 0 Å². The summed E-state index contributed by atoms with van der Waals surface area (Å²) in [5.74, 6) is 2.66. The van der Waals surface area contributed by atoms with Crippen molar-refractivity contribution in [1.82, 2.24) is 0 Å². The molecule has 1 aliphatic rings. The highest BCUT2D eigenvalue weighted by Gasteiger charge is 2.33. The molecule has 0 aromatic rings. The molecule has 3 atom stereocenters.